The highest BCUT2D eigenvalue weighted by atomic mass is 32.2. The number of hydrogen-bond acceptors (Lipinski definition) is 3. The lowest BCUT2D eigenvalue weighted by Gasteiger charge is -2.27. The summed E-state index contributed by atoms with van der Waals surface area (Å²) in [6.45, 7) is 4.64. The van der Waals surface area contributed by atoms with Crippen molar-refractivity contribution in [1.82, 2.24) is 4.90 Å². The topological polar surface area (TPSA) is 23.5 Å². The van der Waals surface area contributed by atoms with Gasteiger partial charge in [-0.15, -0.1) is 11.8 Å². The lowest BCUT2D eigenvalue weighted by atomic mass is 10.0. The highest BCUT2D eigenvalue weighted by Gasteiger charge is 2.38. The first-order chi connectivity index (χ1) is 4.58. The van der Waals surface area contributed by atoms with E-state index in [9.17, 15) is 0 Å². The Balaban J connectivity index is 2.63. The Morgan fingerprint density at radius 2 is 2.30 bits per heavy atom. The van der Waals surface area contributed by atoms with E-state index in [0.29, 0.717) is 6.04 Å². The number of likely N-dealkylation sites (N-methyl/N-ethyl adjacent to an activating group) is 1. The van der Waals surface area contributed by atoms with Crippen LogP contribution in [-0.2, 0) is 0 Å². The van der Waals surface area contributed by atoms with Gasteiger partial charge in [0.15, 0.2) is 0 Å². The number of aliphatic hydroxyl groups is 1. The third kappa shape index (κ3) is 1.31. The van der Waals surface area contributed by atoms with E-state index in [1.54, 1.807) is 0 Å². The fourth-order valence-electron chi connectivity index (χ4n) is 1.34. The molecule has 1 fully saturated rings. The molecule has 1 rings (SSSR count). The zero-order chi connectivity index (χ0) is 7.78. The zero-order valence-electron chi connectivity index (χ0n) is 6.79. The van der Waals surface area contributed by atoms with E-state index in [2.05, 4.69) is 25.8 Å². The molecule has 0 radical (unpaired) electrons. The van der Waals surface area contributed by atoms with Gasteiger partial charge in [-0.2, -0.15) is 0 Å². The summed E-state index contributed by atoms with van der Waals surface area (Å²) in [6, 6.07) is 0.331. The molecule has 0 spiro atoms. The van der Waals surface area contributed by atoms with Gasteiger partial charge in [-0.1, -0.05) is 0 Å². The van der Waals surface area contributed by atoms with Gasteiger partial charge in [-0.05, 0) is 20.9 Å². The van der Waals surface area contributed by atoms with Gasteiger partial charge >= 0.3 is 0 Å². The van der Waals surface area contributed by atoms with Gasteiger partial charge in [-0.25, -0.2) is 0 Å². The molecule has 0 aliphatic carbocycles. The summed E-state index contributed by atoms with van der Waals surface area (Å²) in [5.74, 6) is 1.04. The average Bonchev–Trinajstić information content (AvgIpc) is 2.07. The number of hydrogen-bond donors (Lipinski definition) is 1. The van der Waals surface area contributed by atoms with Gasteiger partial charge < -0.3 is 5.11 Å². The van der Waals surface area contributed by atoms with Gasteiger partial charge in [0.2, 0.25) is 0 Å². The van der Waals surface area contributed by atoms with E-state index >= 15 is 0 Å². The molecular formula is C7H15NOS. The molecule has 0 saturated carbocycles. The van der Waals surface area contributed by atoms with E-state index in [1.807, 2.05) is 11.8 Å². The number of rotatable bonds is 1. The number of nitrogens with zero attached hydrogens (tertiary/aromatic N) is 1. The monoisotopic (exact) mass is 161 g/mol. The molecule has 10 heavy (non-hydrogen) atoms. The molecule has 1 atom stereocenters. The molecule has 1 aliphatic rings. The van der Waals surface area contributed by atoms with Crippen LogP contribution in [0.1, 0.15) is 13.8 Å². The van der Waals surface area contributed by atoms with Gasteiger partial charge in [-0.3, -0.25) is 4.90 Å². The lowest BCUT2D eigenvalue weighted by Crippen LogP contribution is -2.40. The third-order valence-corrected chi connectivity index (χ3v) is 3.70. The Labute approximate surface area is 66.6 Å². The molecule has 1 aliphatic heterocycles. The molecule has 60 valence electrons. The third-order valence-electron chi connectivity index (χ3n) is 2.15. The summed E-state index contributed by atoms with van der Waals surface area (Å²) >= 11 is 1.91. The van der Waals surface area contributed by atoms with Gasteiger partial charge in [0, 0.05) is 16.7 Å². The molecule has 3 heteroatoms. The molecule has 0 aromatic heterocycles. The summed E-state index contributed by atoms with van der Waals surface area (Å²) < 4.78 is 0.226. The molecule has 1 saturated heterocycles. The summed E-state index contributed by atoms with van der Waals surface area (Å²) in [6.07, 6.45) is 0. The van der Waals surface area contributed by atoms with Crippen LogP contribution in [0.4, 0.5) is 0 Å². The van der Waals surface area contributed by atoms with Crippen LogP contribution in [-0.4, -0.2) is 40.3 Å². The minimum Gasteiger partial charge on any atom is -0.395 e. The Hall–Kier alpha value is 0.270. The van der Waals surface area contributed by atoms with Crippen LogP contribution in [0.3, 0.4) is 0 Å². The number of aliphatic hydroxyl groups excluding tert-OH is 1. The maximum Gasteiger partial charge on any atom is 0.0600 e. The summed E-state index contributed by atoms with van der Waals surface area (Å²) in [4.78, 5) is 2.20. The molecule has 0 aromatic rings. The fraction of sp³-hybridized carbons (Fsp3) is 1.00. The molecule has 2 nitrogen and oxygen atoms in total. The van der Waals surface area contributed by atoms with E-state index in [-0.39, 0.29) is 11.4 Å². The second kappa shape index (κ2) is 2.72. The van der Waals surface area contributed by atoms with Crippen LogP contribution in [0, 0.1) is 0 Å². The van der Waals surface area contributed by atoms with E-state index in [0.717, 1.165) is 5.88 Å². The maximum absolute atomic E-state index is 9.02. The van der Waals surface area contributed by atoms with Crippen LogP contribution in [0.2, 0.25) is 0 Å². The predicted octanol–water partition coefficient (Wildman–Crippen LogP) is 0.762. The van der Waals surface area contributed by atoms with Crippen LogP contribution < -0.4 is 0 Å². The van der Waals surface area contributed by atoms with Crippen molar-refractivity contribution in [3.05, 3.63) is 0 Å². The number of thioether (sulfide) groups is 1. The van der Waals surface area contributed by atoms with E-state index in [4.69, 9.17) is 5.11 Å². The average molecular weight is 161 g/mol. The Bertz CT molecular complexity index is 127. The van der Waals surface area contributed by atoms with Crippen molar-refractivity contribution in [1.29, 1.82) is 0 Å². The minimum atomic E-state index is 0.226. The Kier molecular flexibility index (Phi) is 2.28. The fourth-order valence-corrected chi connectivity index (χ4v) is 2.51. The van der Waals surface area contributed by atoms with Crippen LogP contribution >= 0.6 is 11.8 Å². The van der Waals surface area contributed by atoms with Crippen molar-refractivity contribution in [2.75, 3.05) is 19.5 Å². The molecule has 0 amide bonds. The molecule has 0 unspecified atom stereocenters. The summed E-state index contributed by atoms with van der Waals surface area (Å²) in [7, 11) is 2.06. The summed E-state index contributed by atoms with van der Waals surface area (Å²) in [5.41, 5.74) is 0. The predicted molar refractivity (Wildman–Crippen MR) is 45.2 cm³/mol. The van der Waals surface area contributed by atoms with E-state index < -0.39 is 0 Å². The highest BCUT2D eigenvalue weighted by molar-refractivity contribution is 8.00. The first-order valence-corrected chi connectivity index (χ1v) is 4.51. The van der Waals surface area contributed by atoms with Gasteiger partial charge in [0.25, 0.3) is 0 Å². The van der Waals surface area contributed by atoms with Crippen molar-refractivity contribution >= 4 is 11.8 Å². The molecule has 1 N–H and O–H groups in total. The normalized spacial score (nSPS) is 33.0. The van der Waals surface area contributed by atoms with Gasteiger partial charge in [0.1, 0.15) is 0 Å². The van der Waals surface area contributed by atoms with E-state index in [1.165, 1.54) is 0 Å². The highest BCUT2D eigenvalue weighted by Crippen LogP contribution is 2.37. The first-order valence-electron chi connectivity index (χ1n) is 3.53. The van der Waals surface area contributed by atoms with Crippen molar-refractivity contribution in [2.45, 2.75) is 24.6 Å². The first kappa shape index (κ1) is 8.37. The van der Waals surface area contributed by atoms with Crippen molar-refractivity contribution in [3.8, 4) is 0 Å². The molecule has 0 bridgehead atoms. The maximum atomic E-state index is 9.02. The Morgan fingerprint density at radius 3 is 2.50 bits per heavy atom. The molecular weight excluding hydrogens is 146 g/mol. The Morgan fingerprint density at radius 1 is 1.70 bits per heavy atom. The van der Waals surface area contributed by atoms with Crippen LogP contribution in [0.15, 0.2) is 0 Å². The van der Waals surface area contributed by atoms with Crippen molar-refractivity contribution < 1.29 is 5.11 Å². The molecule has 0 aromatic carbocycles. The SMILES string of the molecule is CN1CSC(C)(C)[C@@H]1CO. The molecule has 1 heterocycles. The van der Waals surface area contributed by atoms with Gasteiger partial charge in [0.05, 0.1) is 6.61 Å². The standard InChI is InChI=1S/C7H15NOS/c1-7(2)6(4-9)8(3)5-10-7/h6,9H,4-5H2,1-3H3/t6-/m0/s1. The second-order valence-corrected chi connectivity index (χ2v) is 4.93. The summed E-state index contributed by atoms with van der Waals surface area (Å²) in [5, 5.41) is 9.02. The van der Waals surface area contributed by atoms with Crippen molar-refractivity contribution in [2.24, 2.45) is 0 Å². The zero-order valence-corrected chi connectivity index (χ0v) is 7.61. The smallest absolute Gasteiger partial charge is 0.0600 e. The largest absolute Gasteiger partial charge is 0.395 e. The van der Waals surface area contributed by atoms with Crippen molar-refractivity contribution in [3.63, 3.8) is 0 Å². The second-order valence-electron chi connectivity index (χ2n) is 3.33. The minimum absolute atomic E-state index is 0.226. The quantitative estimate of drug-likeness (QED) is 0.614. The van der Waals surface area contributed by atoms with Crippen LogP contribution in [0.5, 0.6) is 0 Å². The van der Waals surface area contributed by atoms with Crippen LogP contribution in [0.25, 0.3) is 0 Å². The lowest BCUT2D eigenvalue weighted by molar-refractivity contribution is 0.154.